The minimum absolute atomic E-state index is 0.580. The van der Waals surface area contributed by atoms with Crippen LogP contribution < -0.4 is 10.6 Å². The fourth-order valence-corrected chi connectivity index (χ4v) is 3.63. The van der Waals surface area contributed by atoms with Crippen LogP contribution in [0.2, 0.25) is 0 Å². The zero-order valence-electron chi connectivity index (χ0n) is 15.7. The van der Waals surface area contributed by atoms with Gasteiger partial charge in [-0.1, -0.05) is 56.7 Å². The highest BCUT2D eigenvalue weighted by atomic mass is 15.3. The minimum atomic E-state index is 0.580. The Bertz CT molecular complexity index is 673. The van der Waals surface area contributed by atoms with Crippen LogP contribution in [0.1, 0.15) is 50.8 Å². The second kappa shape index (κ2) is 9.94. The number of para-hydroxylation sites is 1. The Balaban J connectivity index is 1.40. The highest BCUT2D eigenvalue weighted by Gasteiger charge is 2.14. The van der Waals surface area contributed by atoms with Gasteiger partial charge in [-0.05, 0) is 24.5 Å². The SMILES string of the molecule is CN=C(NCCCCC1CCCC1)NCc1nncn1-c1ccccc1. The Morgan fingerprint density at radius 2 is 1.96 bits per heavy atom. The van der Waals surface area contributed by atoms with E-state index in [0.29, 0.717) is 6.54 Å². The van der Waals surface area contributed by atoms with Crippen molar-refractivity contribution < 1.29 is 0 Å². The molecule has 0 spiro atoms. The van der Waals surface area contributed by atoms with Gasteiger partial charge in [-0.15, -0.1) is 10.2 Å². The Labute approximate surface area is 156 Å². The van der Waals surface area contributed by atoms with E-state index in [1.54, 1.807) is 13.4 Å². The number of aromatic nitrogens is 3. The third-order valence-electron chi connectivity index (χ3n) is 5.10. The average Bonchev–Trinajstić information content (AvgIpc) is 3.36. The second-order valence-corrected chi connectivity index (χ2v) is 6.95. The molecule has 0 radical (unpaired) electrons. The first-order chi connectivity index (χ1) is 12.9. The van der Waals surface area contributed by atoms with Crippen LogP contribution in [0.3, 0.4) is 0 Å². The highest BCUT2D eigenvalue weighted by molar-refractivity contribution is 5.79. The predicted octanol–water partition coefficient (Wildman–Crippen LogP) is 3.29. The van der Waals surface area contributed by atoms with Crippen LogP contribution in [0.25, 0.3) is 5.69 Å². The zero-order chi connectivity index (χ0) is 18.0. The number of guanidine groups is 1. The van der Waals surface area contributed by atoms with Crippen molar-refractivity contribution in [2.75, 3.05) is 13.6 Å². The van der Waals surface area contributed by atoms with Gasteiger partial charge in [-0.2, -0.15) is 0 Å². The largest absolute Gasteiger partial charge is 0.356 e. The Hall–Kier alpha value is -2.37. The summed E-state index contributed by atoms with van der Waals surface area (Å²) in [5.41, 5.74) is 1.06. The van der Waals surface area contributed by atoms with Crippen LogP contribution in [0.4, 0.5) is 0 Å². The van der Waals surface area contributed by atoms with Crippen LogP contribution in [0.5, 0.6) is 0 Å². The minimum Gasteiger partial charge on any atom is -0.356 e. The second-order valence-electron chi connectivity index (χ2n) is 6.95. The van der Waals surface area contributed by atoms with Gasteiger partial charge in [0.15, 0.2) is 11.8 Å². The fraction of sp³-hybridized carbons (Fsp3) is 0.550. The summed E-state index contributed by atoms with van der Waals surface area (Å²) in [6.45, 7) is 1.54. The van der Waals surface area contributed by atoms with Crippen molar-refractivity contribution >= 4 is 5.96 Å². The van der Waals surface area contributed by atoms with Gasteiger partial charge in [0.1, 0.15) is 6.33 Å². The molecule has 2 aromatic rings. The lowest BCUT2D eigenvalue weighted by atomic mass is 10.0. The third kappa shape index (κ3) is 5.31. The maximum absolute atomic E-state index is 4.30. The average molecular weight is 355 g/mol. The van der Waals surface area contributed by atoms with Crippen molar-refractivity contribution in [3.05, 3.63) is 42.5 Å². The van der Waals surface area contributed by atoms with Crippen molar-refractivity contribution in [1.29, 1.82) is 0 Å². The van der Waals surface area contributed by atoms with Crippen LogP contribution in [-0.2, 0) is 6.54 Å². The Morgan fingerprint density at radius 3 is 2.73 bits per heavy atom. The summed E-state index contributed by atoms with van der Waals surface area (Å²) in [7, 11) is 1.80. The molecular formula is C20H30N6. The molecule has 1 aliphatic rings. The van der Waals surface area contributed by atoms with Crippen molar-refractivity contribution in [3.8, 4) is 5.69 Å². The van der Waals surface area contributed by atoms with Gasteiger partial charge in [0.2, 0.25) is 0 Å². The number of hydrogen-bond acceptors (Lipinski definition) is 3. The number of unbranched alkanes of at least 4 members (excludes halogenated alkanes) is 1. The van der Waals surface area contributed by atoms with Gasteiger partial charge in [-0.3, -0.25) is 9.56 Å². The van der Waals surface area contributed by atoms with Crippen molar-refractivity contribution in [2.45, 2.75) is 51.5 Å². The molecule has 0 bridgehead atoms. The number of rotatable bonds is 8. The summed E-state index contributed by atoms with van der Waals surface area (Å²) in [5, 5.41) is 15.0. The number of hydrogen-bond donors (Lipinski definition) is 2. The van der Waals surface area contributed by atoms with E-state index < -0.39 is 0 Å². The molecule has 1 aliphatic carbocycles. The van der Waals surface area contributed by atoms with Gasteiger partial charge in [0.25, 0.3) is 0 Å². The molecule has 0 aliphatic heterocycles. The molecule has 0 saturated heterocycles. The van der Waals surface area contributed by atoms with E-state index in [2.05, 4.69) is 25.8 Å². The van der Waals surface area contributed by atoms with Gasteiger partial charge < -0.3 is 10.6 Å². The fourth-order valence-electron chi connectivity index (χ4n) is 3.63. The van der Waals surface area contributed by atoms with E-state index in [9.17, 15) is 0 Å². The molecule has 0 atom stereocenters. The van der Waals surface area contributed by atoms with E-state index in [0.717, 1.165) is 29.9 Å². The van der Waals surface area contributed by atoms with E-state index in [4.69, 9.17) is 0 Å². The van der Waals surface area contributed by atoms with E-state index in [1.807, 2.05) is 34.9 Å². The van der Waals surface area contributed by atoms with Crippen molar-refractivity contribution in [3.63, 3.8) is 0 Å². The molecule has 26 heavy (non-hydrogen) atoms. The van der Waals surface area contributed by atoms with Gasteiger partial charge in [0.05, 0.1) is 6.54 Å². The predicted molar refractivity (Wildman–Crippen MR) is 105 cm³/mol. The number of nitrogens with one attached hydrogen (secondary N) is 2. The standard InChI is InChI=1S/C20H30N6/c1-21-20(22-14-8-7-11-17-9-5-6-10-17)23-15-19-25-24-16-26(19)18-12-3-2-4-13-18/h2-4,12-13,16-17H,5-11,14-15H2,1H3,(H2,21,22,23). The normalized spacial score (nSPS) is 15.3. The van der Waals surface area contributed by atoms with E-state index in [1.165, 1.54) is 44.9 Å². The van der Waals surface area contributed by atoms with Gasteiger partial charge in [0, 0.05) is 19.3 Å². The van der Waals surface area contributed by atoms with Gasteiger partial charge in [-0.25, -0.2) is 0 Å². The summed E-state index contributed by atoms with van der Waals surface area (Å²) in [5.74, 6) is 2.66. The summed E-state index contributed by atoms with van der Waals surface area (Å²) < 4.78 is 1.99. The molecule has 1 aromatic carbocycles. The summed E-state index contributed by atoms with van der Waals surface area (Å²) >= 11 is 0. The number of nitrogens with zero attached hydrogens (tertiary/aromatic N) is 4. The first-order valence-electron chi connectivity index (χ1n) is 9.75. The monoisotopic (exact) mass is 354 g/mol. The molecule has 1 heterocycles. The molecule has 6 nitrogen and oxygen atoms in total. The quantitative estimate of drug-likeness (QED) is 0.434. The Morgan fingerprint density at radius 1 is 1.15 bits per heavy atom. The number of benzene rings is 1. The summed E-state index contributed by atoms with van der Waals surface area (Å²) in [6.07, 6.45) is 11.4. The molecule has 2 N–H and O–H groups in total. The molecule has 1 aromatic heterocycles. The number of aliphatic imine (C=N–C) groups is 1. The molecule has 6 heteroatoms. The van der Waals surface area contributed by atoms with Crippen LogP contribution in [-0.4, -0.2) is 34.3 Å². The molecule has 0 unspecified atom stereocenters. The molecule has 140 valence electrons. The van der Waals surface area contributed by atoms with Gasteiger partial charge >= 0.3 is 0 Å². The summed E-state index contributed by atoms with van der Waals surface area (Å²) in [6, 6.07) is 10.1. The maximum Gasteiger partial charge on any atom is 0.191 e. The molecular weight excluding hydrogens is 324 g/mol. The third-order valence-corrected chi connectivity index (χ3v) is 5.10. The molecule has 0 amide bonds. The molecule has 1 fully saturated rings. The lowest BCUT2D eigenvalue weighted by Crippen LogP contribution is -2.37. The molecule has 3 rings (SSSR count). The topological polar surface area (TPSA) is 67.1 Å². The summed E-state index contributed by atoms with van der Waals surface area (Å²) in [4.78, 5) is 4.30. The van der Waals surface area contributed by atoms with Crippen LogP contribution in [0, 0.1) is 5.92 Å². The zero-order valence-corrected chi connectivity index (χ0v) is 15.7. The highest BCUT2D eigenvalue weighted by Crippen LogP contribution is 2.28. The lowest BCUT2D eigenvalue weighted by molar-refractivity contribution is 0.472. The van der Waals surface area contributed by atoms with Crippen LogP contribution >= 0.6 is 0 Å². The Kier molecular flexibility index (Phi) is 7.05. The smallest absolute Gasteiger partial charge is 0.191 e. The van der Waals surface area contributed by atoms with Crippen molar-refractivity contribution in [2.24, 2.45) is 10.9 Å². The first kappa shape index (κ1) is 18.4. The van der Waals surface area contributed by atoms with Crippen LogP contribution in [0.15, 0.2) is 41.7 Å². The molecule has 1 saturated carbocycles. The first-order valence-corrected chi connectivity index (χ1v) is 9.75. The lowest BCUT2D eigenvalue weighted by Gasteiger charge is -2.13. The van der Waals surface area contributed by atoms with E-state index in [-0.39, 0.29) is 0 Å². The maximum atomic E-state index is 4.30. The van der Waals surface area contributed by atoms with Crippen molar-refractivity contribution in [1.82, 2.24) is 25.4 Å². The van der Waals surface area contributed by atoms with E-state index >= 15 is 0 Å².